The van der Waals surface area contributed by atoms with Gasteiger partial charge in [-0.1, -0.05) is 33.8 Å². The van der Waals surface area contributed by atoms with Crippen molar-refractivity contribution in [1.82, 2.24) is 4.40 Å². The first-order valence-electron chi connectivity index (χ1n) is 6.08. The van der Waals surface area contributed by atoms with E-state index in [4.69, 9.17) is 0 Å². The van der Waals surface area contributed by atoms with Crippen molar-refractivity contribution in [1.29, 1.82) is 0 Å². The molecule has 0 bridgehead atoms. The molecular formula is C14H19N2O+. The van der Waals surface area contributed by atoms with Crippen molar-refractivity contribution in [2.24, 2.45) is 0 Å². The maximum atomic E-state index is 12.4. The van der Waals surface area contributed by atoms with Gasteiger partial charge in [-0.2, -0.15) is 4.40 Å². The van der Waals surface area contributed by atoms with E-state index in [1.54, 1.807) is 4.40 Å². The van der Waals surface area contributed by atoms with Crippen LogP contribution in [0.2, 0.25) is 0 Å². The number of rotatable bonds is 2. The predicted octanol–water partition coefficient (Wildman–Crippen LogP) is 2.36. The molecule has 0 aliphatic heterocycles. The molecule has 0 aliphatic carbocycles. The third-order valence-corrected chi connectivity index (χ3v) is 3.02. The van der Waals surface area contributed by atoms with Gasteiger partial charge in [0.25, 0.3) is 5.65 Å². The molecule has 0 saturated heterocycles. The van der Waals surface area contributed by atoms with Crippen molar-refractivity contribution >= 4 is 5.65 Å². The van der Waals surface area contributed by atoms with Crippen LogP contribution in [0.3, 0.4) is 0 Å². The van der Waals surface area contributed by atoms with Crippen molar-refractivity contribution in [3.8, 4) is 0 Å². The van der Waals surface area contributed by atoms with Gasteiger partial charge >= 0.3 is 5.56 Å². The van der Waals surface area contributed by atoms with Crippen LogP contribution in [0.25, 0.3) is 5.65 Å². The van der Waals surface area contributed by atoms with E-state index in [2.05, 4.69) is 32.7 Å². The summed E-state index contributed by atoms with van der Waals surface area (Å²) in [4.78, 5) is 15.8. The molecule has 0 unspecified atom stereocenters. The molecule has 17 heavy (non-hydrogen) atoms. The van der Waals surface area contributed by atoms with E-state index in [0.717, 1.165) is 16.9 Å². The average molecular weight is 231 g/mol. The Morgan fingerprint density at radius 2 is 1.82 bits per heavy atom. The molecular weight excluding hydrogens is 212 g/mol. The highest BCUT2D eigenvalue weighted by molar-refractivity contribution is 5.34. The van der Waals surface area contributed by atoms with Crippen molar-refractivity contribution in [2.75, 3.05) is 0 Å². The van der Waals surface area contributed by atoms with Crippen molar-refractivity contribution in [2.45, 2.75) is 39.5 Å². The fraction of sp³-hybridized carbons (Fsp3) is 0.429. The minimum Gasteiger partial charge on any atom is -0.243 e. The summed E-state index contributed by atoms with van der Waals surface area (Å²) in [7, 11) is 0. The molecule has 3 nitrogen and oxygen atoms in total. The van der Waals surface area contributed by atoms with Crippen LogP contribution in [0.4, 0.5) is 0 Å². The van der Waals surface area contributed by atoms with Crippen LogP contribution >= 0.6 is 0 Å². The Kier molecular flexibility index (Phi) is 3.01. The molecule has 0 aromatic carbocycles. The first-order chi connectivity index (χ1) is 8.02. The first kappa shape index (κ1) is 11.8. The zero-order chi connectivity index (χ0) is 12.6. The van der Waals surface area contributed by atoms with Gasteiger partial charge in [-0.05, 0) is 12.0 Å². The molecule has 1 N–H and O–H groups in total. The number of fused-ring (bicyclic) bond motifs is 1. The third-order valence-electron chi connectivity index (χ3n) is 3.02. The molecule has 3 heteroatoms. The molecule has 0 amide bonds. The second-order valence-electron chi connectivity index (χ2n) is 5.02. The lowest BCUT2D eigenvalue weighted by Gasteiger charge is -2.11. The van der Waals surface area contributed by atoms with E-state index < -0.39 is 0 Å². The number of hydrogen-bond acceptors (Lipinski definition) is 1. The van der Waals surface area contributed by atoms with Crippen LogP contribution in [-0.4, -0.2) is 4.40 Å². The predicted molar refractivity (Wildman–Crippen MR) is 68.4 cm³/mol. The lowest BCUT2D eigenvalue weighted by Crippen LogP contribution is -2.31. The normalized spacial score (nSPS) is 11.6. The van der Waals surface area contributed by atoms with Crippen LogP contribution in [0.15, 0.2) is 29.2 Å². The second kappa shape index (κ2) is 4.32. The summed E-state index contributed by atoms with van der Waals surface area (Å²) in [6.07, 6.45) is 1.81. The van der Waals surface area contributed by atoms with Gasteiger partial charge in [0.1, 0.15) is 5.69 Å². The van der Waals surface area contributed by atoms with Crippen LogP contribution in [0.1, 0.15) is 50.8 Å². The molecule has 2 aromatic rings. The Morgan fingerprint density at radius 3 is 2.41 bits per heavy atom. The monoisotopic (exact) mass is 231 g/mol. The van der Waals surface area contributed by atoms with Crippen LogP contribution in [0, 0.1) is 0 Å². The molecule has 2 rings (SSSR count). The van der Waals surface area contributed by atoms with Gasteiger partial charge in [0.15, 0.2) is 0 Å². The second-order valence-corrected chi connectivity index (χ2v) is 5.02. The first-order valence-corrected chi connectivity index (χ1v) is 6.08. The maximum Gasteiger partial charge on any atom is 0.345 e. The summed E-state index contributed by atoms with van der Waals surface area (Å²) in [6.45, 7) is 8.34. The molecule has 0 aliphatic rings. The Balaban J connectivity index is 2.89. The number of nitrogens with one attached hydrogen (secondary N) is 1. The maximum absolute atomic E-state index is 12.4. The van der Waals surface area contributed by atoms with E-state index in [0.29, 0.717) is 5.92 Å². The van der Waals surface area contributed by atoms with Gasteiger partial charge < -0.3 is 0 Å². The van der Waals surface area contributed by atoms with Gasteiger partial charge in [-0.15, -0.1) is 0 Å². The number of aromatic nitrogens is 2. The third kappa shape index (κ3) is 1.97. The molecule has 2 aromatic heterocycles. The van der Waals surface area contributed by atoms with Crippen molar-refractivity contribution in [3.05, 3.63) is 46.0 Å². The van der Waals surface area contributed by atoms with Crippen LogP contribution < -0.4 is 10.5 Å². The molecule has 0 atom stereocenters. The lowest BCUT2D eigenvalue weighted by atomic mass is 9.96. The zero-order valence-corrected chi connectivity index (χ0v) is 10.8. The summed E-state index contributed by atoms with van der Waals surface area (Å²) < 4.78 is 1.68. The van der Waals surface area contributed by atoms with E-state index in [1.165, 1.54) is 0 Å². The van der Waals surface area contributed by atoms with E-state index >= 15 is 0 Å². The SMILES string of the molecule is CC(C)c1[nH+]c2ccccn2c(=O)c1C(C)C. The van der Waals surface area contributed by atoms with Gasteiger partial charge in [-0.25, -0.2) is 9.78 Å². The summed E-state index contributed by atoms with van der Waals surface area (Å²) in [6, 6.07) is 5.74. The number of nitrogens with zero attached hydrogens (tertiary/aromatic N) is 1. The quantitative estimate of drug-likeness (QED) is 0.781. The fourth-order valence-corrected chi connectivity index (χ4v) is 2.19. The van der Waals surface area contributed by atoms with Gasteiger partial charge in [-0.3, -0.25) is 0 Å². The summed E-state index contributed by atoms with van der Waals surface area (Å²) in [5, 5.41) is 0. The van der Waals surface area contributed by atoms with Crippen molar-refractivity contribution < 1.29 is 4.98 Å². The fourth-order valence-electron chi connectivity index (χ4n) is 2.19. The lowest BCUT2D eigenvalue weighted by molar-refractivity contribution is -0.366. The van der Waals surface area contributed by atoms with Crippen LogP contribution in [-0.2, 0) is 0 Å². The molecule has 90 valence electrons. The van der Waals surface area contributed by atoms with Gasteiger partial charge in [0, 0.05) is 12.0 Å². The van der Waals surface area contributed by atoms with Crippen molar-refractivity contribution in [3.63, 3.8) is 0 Å². The Morgan fingerprint density at radius 1 is 1.12 bits per heavy atom. The number of H-pyrrole nitrogens is 1. The average Bonchev–Trinajstić information content (AvgIpc) is 2.28. The minimum absolute atomic E-state index is 0.0954. The highest BCUT2D eigenvalue weighted by atomic mass is 16.1. The highest BCUT2D eigenvalue weighted by Crippen LogP contribution is 2.19. The summed E-state index contributed by atoms with van der Waals surface area (Å²) >= 11 is 0. The smallest absolute Gasteiger partial charge is 0.243 e. The number of hydrogen-bond donors (Lipinski definition) is 0. The zero-order valence-electron chi connectivity index (χ0n) is 10.8. The van der Waals surface area contributed by atoms with Crippen LogP contribution in [0.5, 0.6) is 0 Å². The summed E-state index contributed by atoms with van der Waals surface area (Å²) in [5.74, 6) is 0.554. The Hall–Kier alpha value is -1.64. The largest absolute Gasteiger partial charge is 0.345 e. The topological polar surface area (TPSA) is 35.6 Å². The standard InChI is InChI=1S/C14H18N2O/c1-9(2)12-13(10(3)4)15-11-7-5-6-8-16(11)14(12)17/h5-10H,1-4H3/p+1. The number of pyridine rings is 1. The highest BCUT2D eigenvalue weighted by Gasteiger charge is 2.22. The Labute approximate surface area is 101 Å². The summed E-state index contributed by atoms with van der Waals surface area (Å²) in [5.41, 5.74) is 2.89. The molecule has 2 heterocycles. The molecule has 0 saturated carbocycles. The Bertz CT molecular complexity index is 597. The number of aromatic amines is 1. The van der Waals surface area contributed by atoms with Gasteiger partial charge in [0.05, 0.1) is 11.8 Å². The minimum atomic E-state index is 0.0954. The van der Waals surface area contributed by atoms with E-state index in [9.17, 15) is 4.79 Å². The molecule has 0 spiro atoms. The molecule has 0 radical (unpaired) electrons. The van der Waals surface area contributed by atoms with E-state index in [-0.39, 0.29) is 11.5 Å². The van der Waals surface area contributed by atoms with Gasteiger partial charge in [0.2, 0.25) is 0 Å². The molecule has 0 fully saturated rings. The van der Waals surface area contributed by atoms with E-state index in [1.807, 2.05) is 24.4 Å².